The van der Waals surface area contributed by atoms with Gasteiger partial charge in [-0.2, -0.15) is 18.3 Å². The smallest absolute Gasteiger partial charge is 0.435 e. The fourth-order valence-electron chi connectivity index (χ4n) is 3.35. The Morgan fingerprint density at radius 2 is 1.75 bits per heavy atom. The van der Waals surface area contributed by atoms with Gasteiger partial charge in [0.1, 0.15) is 13.2 Å². The molecule has 0 radical (unpaired) electrons. The molecule has 18 heteroatoms. The summed E-state index contributed by atoms with van der Waals surface area (Å²) in [5.74, 6) is -0.952. The molecule has 0 spiro atoms. The highest BCUT2D eigenvalue weighted by Gasteiger charge is 2.35. The summed E-state index contributed by atoms with van der Waals surface area (Å²) < 4.78 is 77.9. The molecule has 3 aromatic rings. The van der Waals surface area contributed by atoms with Gasteiger partial charge in [-0.15, -0.1) is 5.01 Å². The Morgan fingerprint density at radius 1 is 1.11 bits per heavy atom. The van der Waals surface area contributed by atoms with Gasteiger partial charge in [0.05, 0.1) is 34.2 Å². The summed E-state index contributed by atoms with van der Waals surface area (Å²) in [6.07, 6.45) is -6.07. The zero-order valence-electron chi connectivity index (χ0n) is 23.9. The first-order valence-corrected chi connectivity index (χ1v) is 14.3. The van der Waals surface area contributed by atoms with Gasteiger partial charge in [0.15, 0.2) is 5.69 Å². The molecule has 0 fully saturated rings. The first kappa shape index (κ1) is 33.6. The topological polar surface area (TPSA) is 167 Å². The van der Waals surface area contributed by atoms with Crippen molar-refractivity contribution in [3.63, 3.8) is 0 Å². The van der Waals surface area contributed by atoms with Crippen molar-refractivity contribution in [2.24, 2.45) is 11.2 Å². The third kappa shape index (κ3) is 9.06. The van der Waals surface area contributed by atoms with Gasteiger partial charge in [-0.3, -0.25) is 4.79 Å². The molecule has 44 heavy (non-hydrogen) atoms. The number of nitrogens with zero attached hydrogens (tertiary/aromatic N) is 5. The number of ether oxygens (including phenoxy) is 2. The number of hydrazine groups is 1. The van der Waals surface area contributed by atoms with E-state index in [0.29, 0.717) is 5.56 Å². The molecule has 3 rings (SSSR count). The van der Waals surface area contributed by atoms with Crippen molar-refractivity contribution >= 4 is 22.1 Å². The van der Waals surface area contributed by atoms with E-state index in [1.54, 1.807) is 42.8 Å². The number of likely N-dealkylation sites (N-methyl/N-ethyl adjacent to an activating group) is 1. The number of hydrogen-bond donors (Lipinski definition) is 1. The van der Waals surface area contributed by atoms with Gasteiger partial charge in [-0.25, -0.2) is 22.6 Å². The van der Waals surface area contributed by atoms with Gasteiger partial charge in [0.2, 0.25) is 5.28 Å². The van der Waals surface area contributed by atoms with Crippen LogP contribution in [0.5, 0.6) is 0 Å². The van der Waals surface area contributed by atoms with Gasteiger partial charge in [-0.1, -0.05) is 43.7 Å². The van der Waals surface area contributed by atoms with Crippen LogP contribution in [0.4, 0.5) is 18.0 Å². The van der Waals surface area contributed by atoms with E-state index in [4.69, 9.17) is 4.74 Å². The Bertz CT molecular complexity index is 1590. The summed E-state index contributed by atoms with van der Waals surface area (Å²) in [7, 11) is -3.17. The summed E-state index contributed by atoms with van der Waals surface area (Å²) >= 11 is 0. The average Bonchev–Trinajstić information content (AvgIpc) is 3.41. The van der Waals surface area contributed by atoms with Crippen LogP contribution in [0.3, 0.4) is 0 Å². The summed E-state index contributed by atoms with van der Waals surface area (Å²) in [5, 5.41) is 19.5. The molecule has 0 bridgehead atoms. The number of aryl methyl sites for hydroxylation is 1. The number of halogens is 3. The quantitative estimate of drug-likeness (QED) is 0.0756. The van der Waals surface area contributed by atoms with Crippen molar-refractivity contribution in [2.75, 3.05) is 27.0 Å². The van der Waals surface area contributed by atoms with Crippen LogP contribution in [-0.2, 0) is 35.3 Å². The second kappa shape index (κ2) is 14.1. The van der Waals surface area contributed by atoms with Gasteiger partial charge < -0.3 is 19.5 Å². The lowest BCUT2D eigenvalue weighted by atomic mass is 10.1. The highest BCUT2D eigenvalue weighted by Crippen LogP contribution is 2.33. The van der Waals surface area contributed by atoms with E-state index in [0.717, 1.165) is 33.5 Å². The van der Waals surface area contributed by atoms with Crippen LogP contribution in [0.2, 0.25) is 0 Å². The van der Waals surface area contributed by atoms with Crippen LogP contribution in [0.25, 0.3) is 16.9 Å². The van der Waals surface area contributed by atoms with Crippen LogP contribution in [0.1, 0.15) is 25.1 Å². The van der Waals surface area contributed by atoms with Crippen LogP contribution in [0, 0.1) is 18.0 Å². The van der Waals surface area contributed by atoms with Crippen molar-refractivity contribution < 1.29 is 50.5 Å². The Balaban J connectivity index is 1.61. The minimum Gasteiger partial charge on any atom is -0.569 e. The fraction of sp³-hybridized carbons (Fsp3) is 0.346. The monoisotopic (exact) mass is 642 g/mol. The van der Waals surface area contributed by atoms with E-state index >= 15 is 0 Å². The lowest BCUT2D eigenvalue weighted by molar-refractivity contribution is -0.706. The first-order chi connectivity index (χ1) is 20.6. The molecule has 1 amide bonds. The molecule has 0 unspecified atom stereocenters. The molecule has 0 atom stereocenters. The third-order valence-corrected chi connectivity index (χ3v) is 7.08. The average molecular weight is 643 g/mol. The van der Waals surface area contributed by atoms with Gasteiger partial charge in [0.25, 0.3) is 16.8 Å². The number of benzene rings is 2. The summed E-state index contributed by atoms with van der Waals surface area (Å²) in [6.45, 7) is 3.79. The Hall–Kier alpha value is -4.87. The molecule has 238 valence electrons. The number of alkyl halides is 3. The minimum absolute atomic E-state index is 0.00964. The van der Waals surface area contributed by atoms with E-state index in [1.807, 2.05) is 6.92 Å². The van der Waals surface area contributed by atoms with E-state index in [-0.39, 0.29) is 27.8 Å². The molecule has 1 N–H and O–H groups in total. The number of aromatic nitrogens is 2. The van der Waals surface area contributed by atoms with Gasteiger partial charge >= 0.3 is 18.2 Å². The molecule has 14 nitrogen and oxygen atoms in total. The molecule has 0 aliphatic heterocycles. The molecule has 0 aliphatic carbocycles. The zero-order valence-corrected chi connectivity index (χ0v) is 24.8. The minimum atomic E-state index is -4.72. The summed E-state index contributed by atoms with van der Waals surface area (Å²) in [6, 6.07) is 12.3. The van der Waals surface area contributed by atoms with E-state index in [1.165, 1.54) is 19.2 Å². The van der Waals surface area contributed by atoms with Crippen molar-refractivity contribution in [1.29, 1.82) is 0 Å². The van der Waals surface area contributed by atoms with Crippen molar-refractivity contribution in [3.05, 3.63) is 71.1 Å². The maximum atomic E-state index is 13.4. The second-order valence-corrected chi connectivity index (χ2v) is 11.2. The lowest BCUT2D eigenvalue weighted by Crippen LogP contribution is -2.35. The Morgan fingerprint density at radius 3 is 2.34 bits per heavy atom. The predicted octanol–water partition coefficient (Wildman–Crippen LogP) is 4.18. The number of nitrogens with one attached hydrogen (secondary N) is 1. The highest BCUT2D eigenvalue weighted by molar-refractivity contribution is 7.90. The molecular weight excluding hydrogens is 613 g/mol. The molecule has 0 saturated heterocycles. The van der Waals surface area contributed by atoms with Crippen LogP contribution < -0.4 is 4.72 Å². The van der Waals surface area contributed by atoms with Crippen molar-refractivity contribution in [3.8, 4) is 16.9 Å². The maximum absolute atomic E-state index is 13.4. The van der Waals surface area contributed by atoms with Crippen molar-refractivity contribution in [1.82, 2.24) is 19.5 Å². The molecule has 2 aromatic carbocycles. The number of esters is 1. The van der Waals surface area contributed by atoms with Crippen LogP contribution in [0.15, 0.2) is 64.8 Å². The molecule has 1 aromatic heterocycles. The lowest BCUT2D eigenvalue weighted by Gasteiger charge is -2.13. The normalized spacial score (nSPS) is 12.1. The molecule has 1 heterocycles. The highest BCUT2D eigenvalue weighted by atomic mass is 32.2. The summed E-state index contributed by atoms with van der Waals surface area (Å²) in [4.78, 5) is 27.6. The Labute approximate surface area is 250 Å². The maximum Gasteiger partial charge on any atom is 0.435 e. The van der Waals surface area contributed by atoms with E-state index in [9.17, 15) is 36.4 Å². The third-order valence-electron chi connectivity index (χ3n) is 5.75. The van der Waals surface area contributed by atoms with Gasteiger partial charge in [-0.05, 0) is 37.3 Å². The van der Waals surface area contributed by atoms with Gasteiger partial charge in [0, 0.05) is 5.56 Å². The van der Waals surface area contributed by atoms with Crippen molar-refractivity contribution in [2.45, 2.75) is 31.8 Å². The number of carbonyl (C=O) groups is 2. The first-order valence-electron chi connectivity index (χ1n) is 12.8. The fourth-order valence-corrected chi connectivity index (χ4v) is 4.24. The van der Waals surface area contributed by atoms with E-state index in [2.05, 4.69) is 20.0 Å². The number of amides is 1. The van der Waals surface area contributed by atoms with E-state index < -0.39 is 53.3 Å². The molecular formula is C26H29F3N6O8S. The Kier molecular flexibility index (Phi) is 10.8. The second-order valence-electron chi connectivity index (χ2n) is 9.51. The number of carbonyl (C=O) groups excluding carboxylic acids is 2. The number of hydrogen-bond acceptors (Lipinski definition) is 10. The number of sulfonamides is 1. The van der Waals surface area contributed by atoms with Crippen LogP contribution >= 0.6 is 0 Å². The zero-order chi connectivity index (χ0) is 32.7. The number of rotatable bonds is 12. The standard InChI is InChI=1S/C26H29F3N6O8S/c1-17(2)24(36)42-16-43-32-35(38)33(4)13-14-41-25(37)31-44(39,40)21-11-9-20(10-12-21)34-22(15-23(30-34)26(27,28)29)19-7-5-18(3)6-8-19/h5-12,15,17H,13-14,16H2,1-4H3,(H,31,37). The summed E-state index contributed by atoms with van der Waals surface area (Å²) in [5.41, 5.74) is 0.492. The molecule has 0 aliphatic rings. The van der Waals surface area contributed by atoms with Crippen LogP contribution in [-0.4, -0.2) is 67.2 Å². The largest absolute Gasteiger partial charge is 0.569 e. The predicted molar refractivity (Wildman–Crippen MR) is 146 cm³/mol. The SMILES string of the molecule is Cc1ccc(-c2cc(C(F)(F)F)nn2-c2ccc(S(=O)(=O)NC(=O)OCCN(C)[N+]([O-])=NOCOC(=O)C(C)C)cc2)cc1. The molecule has 0 saturated carbocycles.